The molecule has 0 bridgehead atoms. The summed E-state index contributed by atoms with van der Waals surface area (Å²) in [6.45, 7) is 3.85. The molecule has 1 saturated carbocycles. The molecule has 4 heteroatoms. The zero-order valence-electron chi connectivity index (χ0n) is 9.71. The van der Waals surface area contributed by atoms with Gasteiger partial charge in [0, 0.05) is 5.69 Å². The number of nitrogen functional groups attached to an aromatic ring is 1. The second-order valence-electron chi connectivity index (χ2n) is 4.35. The lowest BCUT2D eigenvalue weighted by Crippen LogP contribution is -2.27. The minimum atomic E-state index is 0.0272. The van der Waals surface area contributed by atoms with E-state index in [-0.39, 0.29) is 11.9 Å². The largest absolute Gasteiger partial charge is 0.474 e. The third-order valence-electron chi connectivity index (χ3n) is 2.91. The van der Waals surface area contributed by atoms with Crippen LogP contribution in [0.25, 0.3) is 0 Å². The van der Waals surface area contributed by atoms with E-state index in [0.29, 0.717) is 11.4 Å². The van der Waals surface area contributed by atoms with Crippen LogP contribution in [0.2, 0.25) is 0 Å². The van der Waals surface area contributed by atoms with Crippen LogP contribution in [0.15, 0.2) is 6.07 Å². The van der Waals surface area contributed by atoms with Crippen LogP contribution in [0.3, 0.4) is 0 Å². The van der Waals surface area contributed by atoms with Crippen LogP contribution in [0, 0.1) is 19.3 Å². The van der Waals surface area contributed by atoms with E-state index < -0.39 is 0 Å². The molecule has 1 aromatic heterocycles. The number of nitrogens with one attached hydrogen (secondary N) is 1. The summed E-state index contributed by atoms with van der Waals surface area (Å²) in [7, 11) is 0. The van der Waals surface area contributed by atoms with Crippen molar-refractivity contribution in [3.05, 3.63) is 22.9 Å². The van der Waals surface area contributed by atoms with E-state index in [2.05, 4.69) is 4.98 Å². The summed E-state index contributed by atoms with van der Waals surface area (Å²) < 4.78 is 5.77. The van der Waals surface area contributed by atoms with Crippen LogP contribution in [0.5, 0.6) is 5.88 Å². The molecular weight excluding hydrogens is 202 g/mol. The molecule has 0 unspecified atom stereocenters. The molecule has 1 aliphatic rings. The number of nitrogens with zero attached hydrogens (tertiary/aromatic N) is 1. The lowest BCUT2D eigenvalue weighted by molar-refractivity contribution is 0.114. The highest BCUT2D eigenvalue weighted by Gasteiger charge is 2.22. The summed E-state index contributed by atoms with van der Waals surface area (Å²) in [5.41, 5.74) is 8.05. The van der Waals surface area contributed by atoms with Crippen LogP contribution < -0.4 is 10.5 Å². The van der Waals surface area contributed by atoms with Crippen molar-refractivity contribution in [1.29, 1.82) is 5.41 Å². The number of hydrogen-bond acceptors (Lipinski definition) is 3. The molecule has 0 atom stereocenters. The number of nitrogens with two attached hydrogens (primary N) is 1. The van der Waals surface area contributed by atoms with Gasteiger partial charge in [0.2, 0.25) is 5.88 Å². The fraction of sp³-hybridized carbons (Fsp3) is 0.500. The molecule has 1 heterocycles. The first-order chi connectivity index (χ1) is 7.58. The molecule has 0 spiro atoms. The van der Waals surface area contributed by atoms with Gasteiger partial charge in [-0.3, -0.25) is 5.41 Å². The molecule has 1 aromatic rings. The maximum absolute atomic E-state index is 7.56. The molecule has 0 radical (unpaired) electrons. The lowest BCUT2D eigenvalue weighted by Gasteiger charge is -2.27. The Labute approximate surface area is 95.3 Å². The molecule has 0 aromatic carbocycles. The highest BCUT2D eigenvalue weighted by Crippen LogP contribution is 2.27. The number of rotatable bonds is 3. The molecular formula is C12H17N3O. The van der Waals surface area contributed by atoms with Crippen LogP contribution in [0.1, 0.15) is 36.1 Å². The highest BCUT2D eigenvalue weighted by molar-refractivity contribution is 5.98. The van der Waals surface area contributed by atoms with E-state index in [1.807, 2.05) is 19.9 Å². The van der Waals surface area contributed by atoms with Gasteiger partial charge in [-0.25, -0.2) is 4.98 Å². The van der Waals surface area contributed by atoms with Crippen molar-refractivity contribution in [2.24, 2.45) is 5.73 Å². The lowest BCUT2D eigenvalue weighted by atomic mass is 9.96. The second-order valence-corrected chi connectivity index (χ2v) is 4.35. The zero-order valence-corrected chi connectivity index (χ0v) is 9.71. The van der Waals surface area contributed by atoms with Gasteiger partial charge in [-0.1, -0.05) is 0 Å². The van der Waals surface area contributed by atoms with E-state index >= 15 is 0 Å². The first-order valence-corrected chi connectivity index (χ1v) is 5.57. The van der Waals surface area contributed by atoms with E-state index in [0.717, 1.165) is 24.1 Å². The Bertz CT molecular complexity index is 425. The van der Waals surface area contributed by atoms with Crippen molar-refractivity contribution in [2.75, 3.05) is 0 Å². The second kappa shape index (κ2) is 4.12. The van der Waals surface area contributed by atoms with Crippen LogP contribution >= 0.6 is 0 Å². The number of ether oxygens (including phenoxy) is 1. The molecule has 1 fully saturated rings. The van der Waals surface area contributed by atoms with Crippen LogP contribution in [-0.2, 0) is 0 Å². The summed E-state index contributed by atoms with van der Waals surface area (Å²) in [4.78, 5) is 4.33. The number of hydrogen-bond donors (Lipinski definition) is 2. The third-order valence-corrected chi connectivity index (χ3v) is 2.91. The summed E-state index contributed by atoms with van der Waals surface area (Å²) in [6.07, 6.45) is 3.62. The average molecular weight is 219 g/mol. The van der Waals surface area contributed by atoms with Crippen molar-refractivity contribution in [1.82, 2.24) is 4.98 Å². The monoisotopic (exact) mass is 219 g/mol. The van der Waals surface area contributed by atoms with Crippen molar-refractivity contribution in [3.63, 3.8) is 0 Å². The van der Waals surface area contributed by atoms with Crippen LogP contribution in [-0.4, -0.2) is 16.9 Å². The molecule has 4 nitrogen and oxygen atoms in total. The summed E-state index contributed by atoms with van der Waals surface area (Å²) >= 11 is 0. The molecule has 0 amide bonds. The Morgan fingerprint density at radius 3 is 2.69 bits per heavy atom. The Balaban J connectivity index is 2.35. The number of aromatic nitrogens is 1. The van der Waals surface area contributed by atoms with Crippen molar-refractivity contribution >= 4 is 5.84 Å². The fourth-order valence-electron chi connectivity index (χ4n) is 1.86. The Morgan fingerprint density at radius 1 is 1.50 bits per heavy atom. The third kappa shape index (κ3) is 2.01. The topological polar surface area (TPSA) is 72.0 Å². The predicted octanol–water partition coefficient (Wildman–Crippen LogP) is 1.91. The predicted molar refractivity (Wildman–Crippen MR) is 63.0 cm³/mol. The molecule has 0 saturated heterocycles. The number of pyridine rings is 1. The molecule has 0 aliphatic heterocycles. The molecule has 3 N–H and O–H groups in total. The normalized spacial score (nSPS) is 15.6. The minimum Gasteiger partial charge on any atom is -0.474 e. The van der Waals surface area contributed by atoms with Crippen molar-refractivity contribution in [3.8, 4) is 5.88 Å². The standard InChI is InChI=1S/C12H17N3O/c1-7-6-8(2)15-12(10(7)11(13)14)16-9-4-3-5-9/h6,9H,3-5H2,1-2H3,(H3,13,14). The van der Waals surface area contributed by atoms with Crippen molar-refractivity contribution in [2.45, 2.75) is 39.2 Å². The first kappa shape index (κ1) is 10.9. The molecule has 2 rings (SSSR count). The minimum absolute atomic E-state index is 0.0272. The number of aryl methyl sites for hydroxylation is 2. The van der Waals surface area contributed by atoms with Gasteiger partial charge in [0.15, 0.2) is 0 Å². The summed E-state index contributed by atoms with van der Waals surface area (Å²) in [5, 5.41) is 7.56. The zero-order chi connectivity index (χ0) is 11.7. The Kier molecular flexibility index (Phi) is 2.81. The number of amidine groups is 1. The van der Waals surface area contributed by atoms with E-state index in [1.54, 1.807) is 0 Å². The van der Waals surface area contributed by atoms with Gasteiger partial charge < -0.3 is 10.5 Å². The van der Waals surface area contributed by atoms with Gasteiger partial charge in [-0.15, -0.1) is 0 Å². The van der Waals surface area contributed by atoms with E-state index in [9.17, 15) is 0 Å². The molecule has 86 valence electrons. The highest BCUT2D eigenvalue weighted by atomic mass is 16.5. The van der Waals surface area contributed by atoms with Crippen molar-refractivity contribution < 1.29 is 4.74 Å². The van der Waals surface area contributed by atoms with E-state index in [4.69, 9.17) is 15.9 Å². The fourth-order valence-corrected chi connectivity index (χ4v) is 1.86. The van der Waals surface area contributed by atoms with Gasteiger partial charge in [-0.05, 0) is 44.7 Å². The van der Waals surface area contributed by atoms with Gasteiger partial charge in [0.1, 0.15) is 11.9 Å². The molecule has 16 heavy (non-hydrogen) atoms. The average Bonchev–Trinajstić information content (AvgIpc) is 2.09. The maximum atomic E-state index is 7.56. The Hall–Kier alpha value is -1.58. The molecule has 1 aliphatic carbocycles. The first-order valence-electron chi connectivity index (χ1n) is 5.57. The SMILES string of the molecule is Cc1cc(C)c(C(=N)N)c(OC2CCC2)n1. The van der Waals surface area contributed by atoms with Gasteiger partial charge in [0.25, 0.3) is 0 Å². The Morgan fingerprint density at radius 2 is 2.19 bits per heavy atom. The maximum Gasteiger partial charge on any atom is 0.225 e. The summed E-state index contributed by atoms with van der Waals surface area (Å²) in [6, 6.07) is 1.92. The summed E-state index contributed by atoms with van der Waals surface area (Å²) in [5.74, 6) is 0.550. The van der Waals surface area contributed by atoms with Crippen LogP contribution in [0.4, 0.5) is 0 Å². The van der Waals surface area contributed by atoms with Gasteiger partial charge in [-0.2, -0.15) is 0 Å². The smallest absolute Gasteiger partial charge is 0.225 e. The quantitative estimate of drug-likeness (QED) is 0.602. The van der Waals surface area contributed by atoms with Gasteiger partial charge >= 0.3 is 0 Å². The van der Waals surface area contributed by atoms with E-state index in [1.165, 1.54) is 6.42 Å². The van der Waals surface area contributed by atoms with Gasteiger partial charge in [0.05, 0.1) is 5.56 Å².